The highest BCUT2D eigenvalue weighted by Gasteiger charge is 2.79. The van der Waals surface area contributed by atoms with Crippen LogP contribution >= 0.6 is 0 Å². The van der Waals surface area contributed by atoms with Crippen molar-refractivity contribution in [2.45, 2.75) is 78.2 Å². The van der Waals surface area contributed by atoms with E-state index in [0.717, 1.165) is 25.2 Å². The fraction of sp³-hybridized carbons (Fsp3) is 0.840. The molecule has 3 nitrogen and oxygen atoms in total. The fourth-order valence-electron chi connectivity index (χ4n) is 9.61. The second-order valence-corrected chi connectivity index (χ2v) is 11.7. The number of rotatable bonds is 0. The Labute approximate surface area is 168 Å². The Bertz CT molecular complexity index is 813. The summed E-state index contributed by atoms with van der Waals surface area (Å²) in [6.07, 6.45) is 9.07. The monoisotopic (exact) mass is 382 g/mol. The SMILES string of the molecule is CC1[C@H]2[C@@H]3[C@@H]4C[C@@H]4[C@@]4(CCC(=O)O4)[C@@]3(C)CC[C@@H]2[C@@]2(C)CCC(=O)C=C2[C@@H]1C. The number of fused-ring (bicyclic) bond motifs is 9. The van der Waals surface area contributed by atoms with Gasteiger partial charge in [0.05, 0.1) is 0 Å². The van der Waals surface area contributed by atoms with Gasteiger partial charge in [0.1, 0.15) is 5.60 Å². The Balaban J connectivity index is 1.45. The van der Waals surface area contributed by atoms with Crippen molar-refractivity contribution in [2.24, 2.45) is 52.3 Å². The van der Waals surface area contributed by atoms with Crippen LogP contribution in [-0.4, -0.2) is 17.4 Å². The van der Waals surface area contributed by atoms with Crippen LogP contribution in [0.1, 0.15) is 72.6 Å². The van der Waals surface area contributed by atoms with Gasteiger partial charge in [0, 0.05) is 24.2 Å². The van der Waals surface area contributed by atoms with Crippen molar-refractivity contribution in [2.75, 3.05) is 0 Å². The molecule has 1 spiro atoms. The minimum atomic E-state index is -0.160. The van der Waals surface area contributed by atoms with Crippen LogP contribution in [0.2, 0.25) is 0 Å². The lowest BCUT2D eigenvalue weighted by Crippen LogP contribution is -2.59. The third-order valence-corrected chi connectivity index (χ3v) is 11.0. The van der Waals surface area contributed by atoms with Gasteiger partial charge in [-0.25, -0.2) is 0 Å². The maximum absolute atomic E-state index is 12.2. The number of carbonyl (C=O) groups excluding carboxylic acids is 2. The first-order valence-corrected chi connectivity index (χ1v) is 11.7. The zero-order valence-electron chi connectivity index (χ0n) is 17.8. The molecule has 5 fully saturated rings. The average molecular weight is 383 g/mol. The van der Waals surface area contributed by atoms with Crippen molar-refractivity contribution >= 4 is 11.8 Å². The highest BCUT2D eigenvalue weighted by Crippen LogP contribution is 2.80. The van der Waals surface area contributed by atoms with Gasteiger partial charge >= 0.3 is 5.97 Å². The summed E-state index contributed by atoms with van der Waals surface area (Å²) in [6.45, 7) is 9.78. The molecule has 0 N–H and O–H groups in total. The first-order valence-electron chi connectivity index (χ1n) is 11.7. The largest absolute Gasteiger partial charge is 0.458 e. The molecular formula is C25H34O3. The van der Waals surface area contributed by atoms with E-state index in [4.69, 9.17) is 4.74 Å². The third-order valence-electron chi connectivity index (χ3n) is 11.0. The van der Waals surface area contributed by atoms with Gasteiger partial charge in [-0.05, 0) is 79.1 Å². The van der Waals surface area contributed by atoms with Gasteiger partial charge in [0.15, 0.2) is 5.78 Å². The number of carbonyl (C=O) groups is 2. The van der Waals surface area contributed by atoms with Crippen molar-refractivity contribution in [3.63, 3.8) is 0 Å². The van der Waals surface area contributed by atoms with Gasteiger partial charge < -0.3 is 4.74 Å². The Morgan fingerprint density at radius 2 is 1.82 bits per heavy atom. The number of ether oxygens (including phenoxy) is 1. The molecule has 0 aromatic heterocycles. The smallest absolute Gasteiger partial charge is 0.306 e. The molecule has 1 saturated heterocycles. The maximum Gasteiger partial charge on any atom is 0.306 e. The van der Waals surface area contributed by atoms with E-state index in [1.54, 1.807) is 0 Å². The number of esters is 1. The van der Waals surface area contributed by atoms with E-state index in [1.807, 2.05) is 6.08 Å². The molecule has 1 aliphatic heterocycles. The van der Waals surface area contributed by atoms with Crippen LogP contribution < -0.4 is 0 Å². The van der Waals surface area contributed by atoms with E-state index in [9.17, 15) is 9.59 Å². The molecule has 0 aromatic rings. The molecule has 0 bridgehead atoms. The standard InChI is InChI=1S/C25H34O3/c1-13-14(2)21-17(23(3)8-5-15(26)11-18(13)23)6-9-24(4)22(21)16-12-19(16)25(24)10-7-20(27)28-25/h11,13-14,16-17,19,21-22H,5-10,12H2,1-4H3/t13-,14?,16-,17+,19+,21-,22+,23-,24+,25+/m1/s1. The minimum Gasteiger partial charge on any atom is -0.458 e. The van der Waals surface area contributed by atoms with Crippen LogP contribution in [-0.2, 0) is 14.3 Å². The van der Waals surface area contributed by atoms with E-state index in [1.165, 1.54) is 24.8 Å². The number of hydrogen-bond donors (Lipinski definition) is 0. The summed E-state index contributed by atoms with van der Waals surface area (Å²) >= 11 is 0. The lowest BCUT2D eigenvalue weighted by Gasteiger charge is -2.63. The van der Waals surface area contributed by atoms with Crippen molar-refractivity contribution in [3.05, 3.63) is 11.6 Å². The van der Waals surface area contributed by atoms with Crippen LogP contribution in [0.25, 0.3) is 0 Å². The molecule has 5 aliphatic carbocycles. The van der Waals surface area contributed by atoms with Crippen molar-refractivity contribution < 1.29 is 14.3 Å². The topological polar surface area (TPSA) is 43.4 Å². The van der Waals surface area contributed by atoms with Crippen LogP contribution in [0, 0.1) is 52.3 Å². The van der Waals surface area contributed by atoms with Crippen LogP contribution in [0.5, 0.6) is 0 Å². The Kier molecular flexibility index (Phi) is 3.25. The zero-order chi connectivity index (χ0) is 19.6. The minimum absolute atomic E-state index is 0.0442. The summed E-state index contributed by atoms with van der Waals surface area (Å²) in [5.74, 6) is 4.93. The summed E-state index contributed by atoms with van der Waals surface area (Å²) in [4.78, 5) is 24.4. The predicted molar refractivity (Wildman–Crippen MR) is 106 cm³/mol. The van der Waals surface area contributed by atoms with E-state index in [-0.39, 0.29) is 22.4 Å². The molecule has 28 heavy (non-hydrogen) atoms. The van der Waals surface area contributed by atoms with Crippen LogP contribution in [0.3, 0.4) is 0 Å². The molecule has 4 saturated carbocycles. The summed E-state index contributed by atoms with van der Waals surface area (Å²) in [5, 5.41) is 0. The van der Waals surface area contributed by atoms with Crippen molar-refractivity contribution in [1.82, 2.24) is 0 Å². The third kappa shape index (κ3) is 1.80. The fourth-order valence-corrected chi connectivity index (χ4v) is 9.61. The van der Waals surface area contributed by atoms with Crippen molar-refractivity contribution in [3.8, 4) is 0 Å². The molecule has 1 heterocycles. The van der Waals surface area contributed by atoms with Crippen LogP contribution in [0.4, 0.5) is 0 Å². The molecule has 6 aliphatic rings. The summed E-state index contributed by atoms with van der Waals surface area (Å²) in [7, 11) is 0. The molecule has 6 rings (SSSR count). The Morgan fingerprint density at radius 3 is 2.54 bits per heavy atom. The van der Waals surface area contributed by atoms with Gasteiger partial charge in [-0.3, -0.25) is 9.59 Å². The summed E-state index contributed by atoms with van der Waals surface area (Å²) < 4.78 is 6.23. The highest BCUT2D eigenvalue weighted by atomic mass is 16.6. The van der Waals surface area contributed by atoms with E-state index >= 15 is 0 Å². The van der Waals surface area contributed by atoms with E-state index in [2.05, 4.69) is 27.7 Å². The summed E-state index contributed by atoms with van der Waals surface area (Å²) in [5.41, 5.74) is 1.64. The predicted octanol–water partition coefficient (Wildman–Crippen LogP) is 4.94. The van der Waals surface area contributed by atoms with Crippen LogP contribution in [0.15, 0.2) is 11.6 Å². The molecule has 0 amide bonds. The molecule has 0 aromatic carbocycles. The lowest BCUT2D eigenvalue weighted by atomic mass is 9.41. The van der Waals surface area contributed by atoms with E-state index < -0.39 is 0 Å². The van der Waals surface area contributed by atoms with Gasteiger partial charge in [-0.1, -0.05) is 33.3 Å². The first-order chi connectivity index (χ1) is 13.2. The maximum atomic E-state index is 12.2. The molecule has 0 radical (unpaired) electrons. The number of hydrogen-bond acceptors (Lipinski definition) is 3. The average Bonchev–Trinajstić information content (AvgIpc) is 3.30. The van der Waals surface area contributed by atoms with Gasteiger partial charge in [0.25, 0.3) is 0 Å². The normalized spacial score (nSPS) is 59.1. The molecule has 10 atom stereocenters. The number of allylic oxidation sites excluding steroid dienone is 1. The second-order valence-electron chi connectivity index (χ2n) is 11.7. The Hall–Kier alpha value is -1.12. The zero-order valence-corrected chi connectivity index (χ0v) is 17.8. The molecule has 152 valence electrons. The number of ketones is 1. The van der Waals surface area contributed by atoms with Crippen molar-refractivity contribution in [1.29, 1.82) is 0 Å². The molecule has 1 unspecified atom stereocenters. The lowest BCUT2D eigenvalue weighted by molar-refractivity contribution is -0.181. The van der Waals surface area contributed by atoms with E-state index in [0.29, 0.717) is 47.7 Å². The summed E-state index contributed by atoms with van der Waals surface area (Å²) in [6, 6.07) is 0. The van der Waals surface area contributed by atoms with Gasteiger partial charge in [0.2, 0.25) is 0 Å². The molecule has 3 heteroatoms. The highest BCUT2D eigenvalue weighted by molar-refractivity contribution is 5.91. The first kappa shape index (κ1) is 17.7. The Morgan fingerprint density at radius 1 is 1.04 bits per heavy atom. The second kappa shape index (κ2) is 5.13. The quantitative estimate of drug-likeness (QED) is 0.557. The molecular weight excluding hydrogens is 348 g/mol. The van der Waals surface area contributed by atoms with Gasteiger partial charge in [-0.2, -0.15) is 0 Å². The van der Waals surface area contributed by atoms with Gasteiger partial charge in [-0.15, -0.1) is 0 Å².